The third-order valence-electron chi connectivity index (χ3n) is 4.39. The summed E-state index contributed by atoms with van der Waals surface area (Å²) in [5.74, 6) is 0.0397. The van der Waals surface area contributed by atoms with Gasteiger partial charge >= 0.3 is 0 Å². The first-order chi connectivity index (χ1) is 11.8. The number of amides is 1. The van der Waals surface area contributed by atoms with E-state index in [2.05, 4.69) is 0 Å². The molecule has 0 aromatic heterocycles. The summed E-state index contributed by atoms with van der Waals surface area (Å²) >= 11 is 0. The van der Waals surface area contributed by atoms with Crippen LogP contribution < -0.4 is 5.73 Å². The van der Waals surface area contributed by atoms with Crippen LogP contribution in [0.1, 0.15) is 34.3 Å². The lowest BCUT2D eigenvalue weighted by molar-refractivity contribution is 0.0507. The summed E-state index contributed by atoms with van der Waals surface area (Å²) in [6.07, 6.45) is 2.23. The van der Waals surface area contributed by atoms with Crippen LogP contribution in [-0.4, -0.2) is 30.1 Å². The van der Waals surface area contributed by atoms with E-state index in [1.807, 2.05) is 59.5 Å². The van der Waals surface area contributed by atoms with Gasteiger partial charge in [-0.05, 0) is 36.1 Å². The molecule has 3 rings (SSSR count). The van der Waals surface area contributed by atoms with Gasteiger partial charge < -0.3 is 15.4 Å². The molecule has 0 aliphatic carbocycles. The summed E-state index contributed by atoms with van der Waals surface area (Å²) in [5.41, 5.74) is 8.49. The average molecular weight is 361 g/mol. The van der Waals surface area contributed by atoms with E-state index >= 15 is 0 Å². The molecular weight excluding hydrogens is 336 g/mol. The van der Waals surface area contributed by atoms with E-state index in [-0.39, 0.29) is 24.4 Å². The van der Waals surface area contributed by atoms with E-state index in [1.165, 1.54) is 0 Å². The van der Waals surface area contributed by atoms with Crippen LogP contribution in [0.5, 0.6) is 0 Å². The van der Waals surface area contributed by atoms with Crippen molar-refractivity contribution in [2.45, 2.75) is 32.0 Å². The largest absolute Gasteiger partial charge is 0.376 e. The highest BCUT2D eigenvalue weighted by molar-refractivity contribution is 5.94. The van der Waals surface area contributed by atoms with E-state index < -0.39 is 0 Å². The molecule has 0 spiro atoms. The first-order valence-corrected chi connectivity index (χ1v) is 8.50. The first kappa shape index (κ1) is 19.4. The summed E-state index contributed by atoms with van der Waals surface area (Å²) in [6, 6.07) is 17.6. The van der Waals surface area contributed by atoms with Crippen LogP contribution in [0.25, 0.3) is 0 Å². The lowest BCUT2D eigenvalue weighted by atomic mass is 10.1. The summed E-state index contributed by atoms with van der Waals surface area (Å²) in [5, 5.41) is 0. The highest BCUT2D eigenvalue weighted by Crippen LogP contribution is 2.17. The second kappa shape index (κ2) is 9.56. The highest BCUT2D eigenvalue weighted by Gasteiger charge is 2.23. The van der Waals surface area contributed by atoms with Gasteiger partial charge in [-0.2, -0.15) is 0 Å². The Morgan fingerprint density at radius 1 is 1.08 bits per heavy atom. The van der Waals surface area contributed by atoms with Crippen molar-refractivity contribution in [2.24, 2.45) is 5.73 Å². The molecular formula is C20H25ClN2O2. The molecule has 1 atom stereocenters. The lowest BCUT2D eigenvalue weighted by Gasteiger charge is -2.26. The number of rotatable bonds is 6. The Bertz CT molecular complexity index is 655. The third-order valence-corrected chi connectivity index (χ3v) is 4.39. The predicted octanol–water partition coefficient (Wildman–Crippen LogP) is 3.39. The van der Waals surface area contributed by atoms with Crippen molar-refractivity contribution in [3.63, 3.8) is 0 Å². The van der Waals surface area contributed by atoms with Crippen molar-refractivity contribution >= 4 is 18.3 Å². The number of halogens is 1. The van der Waals surface area contributed by atoms with Crippen LogP contribution in [0.15, 0.2) is 54.6 Å². The zero-order valence-corrected chi connectivity index (χ0v) is 15.1. The minimum atomic E-state index is 0. The predicted molar refractivity (Wildman–Crippen MR) is 102 cm³/mol. The van der Waals surface area contributed by atoms with E-state index in [0.717, 1.165) is 30.6 Å². The van der Waals surface area contributed by atoms with E-state index in [9.17, 15) is 4.79 Å². The van der Waals surface area contributed by atoms with Gasteiger partial charge in [0.15, 0.2) is 0 Å². The van der Waals surface area contributed by atoms with Crippen molar-refractivity contribution < 1.29 is 9.53 Å². The highest BCUT2D eigenvalue weighted by atomic mass is 35.5. The molecule has 0 radical (unpaired) electrons. The maximum absolute atomic E-state index is 13.0. The zero-order valence-electron chi connectivity index (χ0n) is 14.3. The smallest absolute Gasteiger partial charge is 0.254 e. The molecule has 1 aliphatic heterocycles. The van der Waals surface area contributed by atoms with Gasteiger partial charge in [-0.3, -0.25) is 4.79 Å². The molecule has 5 heteroatoms. The summed E-state index contributed by atoms with van der Waals surface area (Å²) in [6.45, 7) is 2.51. The minimum absolute atomic E-state index is 0. The minimum Gasteiger partial charge on any atom is -0.376 e. The monoisotopic (exact) mass is 360 g/mol. The van der Waals surface area contributed by atoms with Gasteiger partial charge in [0.1, 0.15) is 0 Å². The van der Waals surface area contributed by atoms with Crippen LogP contribution in [0, 0.1) is 0 Å². The third kappa shape index (κ3) is 5.30. The number of hydrogen-bond acceptors (Lipinski definition) is 3. The van der Waals surface area contributed by atoms with Gasteiger partial charge in [-0.25, -0.2) is 0 Å². The molecule has 1 amide bonds. The Morgan fingerprint density at radius 2 is 1.80 bits per heavy atom. The van der Waals surface area contributed by atoms with Crippen LogP contribution in [0.4, 0.5) is 0 Å². The molecule has 2 N–H and O–H groups in total. The molecule has 1 fully saturated rings. The number of nitrogens with zero attached hydrogens (tertiary/aromatic N) is 1. The fourth-order valence-electron chi connectivity index (χ4n) is 3.02. The molecule has 4 nitrogen and oxygen atoms in total. The Balaban J connectivity index is 0.00000225. The maximum atomic E-state index is 13.0. The quantitative estimate of drug-likeness (QED) is 0.859. The molecule has 0 bridgehead atoms. The van der Waals surface area contributed by atoms with Gasteiger partial charge in [0.05, 0.1) is 6.10 Å². The van der Waals surface area contributed by atoms with E-state index in [4.69, 9.17) is 10.5 Å². The number of carbonyl (C=O) groups is 1. The molecule has 2 aromatic rings. The molecule has 134 valence electrons. The fraction of sp³-hybridized carbons (Fsp3) is 0.350. The molecule has 1 saturated heterocycles. The molecule has 2 aromatic carbocycles. The van der Waals surface area contributed by atoms with Crippen molar-refractivity contribution in [3.8, 4) is 0 Å². The lowest BCUT2D eigenvalue weighted by Crippen LogP contribution is -2.37. The molecule has 1 unspecified atom stereocenters. The molecule has 1 aliphatic rings. The van der Waals surface area contributed by atoms with Crippen molar-refractivity contribution in [1.29, 1.82) is 0 Å². The Labute approximate surface area is 155 Å². The summed E-state index contributed by atoms with van der Waals surface area (Å²) in [7, 11) is 0. The maximum Gasteiger partial charge on any atom is 0.254 e. The number of ether oxygens (including phenoxy) is 1. The summed E-state index contributed by atoms with van der Waals surface area (Å²) in [4.78, 5) is 14.9. The van der Waals surface area contributed by atoms with E-state index in [0.29, 0.717) is 25.2 Å². The van der Waals surface area contributed by atoms with Crippen molar-refractivity contribution in [1.82, 2.24) is 4.90 Å². The van der Waals surface area contributed by atoms with Crippen molar-refractivity contribution in [3.05, 3.63) is 71.3 Å². The van der Waals surface area contributed by atoms with Gasteiger partial charge in [0.2, 0.25) is 0 Å². The molecule has 1 heterocycles. The SMILES string of the molecule is Cl.NCc1ccc(C(=O)N(Cc2ccccc2)CC2CCCO2)cc1. The van der Waals surface area contributed by atoms with Crippen LogP contribution in [-0.2, 0) is 17.8 Å². The number of hydrogen-bond donors (Lipinski definition) is 1. The van der Waals surface area contributed by atoms with Gasteiger partial charge in [-0.15, -0.1) is 12.4 Å². The molecule has 0 saturated carbocycles. The average Bonchev–Trinajstić information content (AvgIpc) is 3.15. The molecule has 25 heavy (non-hydrogen) atoms. The summed E-state index contributed by atoms with van der Waals surface area (Å²) < 4.78 is 5.73. The first-order valence-electron chi connectivity index (χ1n) is 8.50. The van der Waals surface area contributed by atoms with Crippen molar-refractivity contribution in [2.75, 3.05) is 13.2 Å². The number of benzene rings is 2. The van der Waals surface area contributed by atoms with Crippen LogP contribution >= 0.6 is 12.4 Å². The normalized spacial score (nSPS) is 16.3. The standard InChI is InChI=1S/C20H24N2O2.ClH/c21-13-16-8-10-18(11-9-16)20(23)22(15-19-7-4-12-24-19)14-17-5-2-1-3-6-17;/h1-3,5-6,8-11,19H,4,7,12-15,21H2;1H. The zero-order chi connectivity index (χ0) is 16.8. The second-order valence-electron chi connectivity index (χ2n) is 6.21. The fourth-order valence-corrected chi connectivity index (χ4v) is 3.02. The van der Waals surface area contributed by atoms with E-state index in [1.54, 1.807) is 0 Å². The van der Waals surface area contributed by atoms with Gasteiger partial charge in [0.25, 0.3) is 5.91 Å². The van der Waals surface area contributed by atoms with Gasteiger partial charge in [-0.1, -0.05) is 42.5 Å². The Morgan fingerprint density at radius 3 is 2.40 bits per heavy atom. The second-order valence-corrected chi connectivity index (χ2v) is 6.21. The Hall–Kier alpha value is -1.88. The van der Waals surface area contributed by atoms with Gasteiger partial charge in [0, 0.05) is 31.8 Å². The Kier molecular flexibility index (Phi) is 7.44. The topological polar surface area (TPSA) is 55.6 Å². The number of nitrogens with two attached hydrogens (primary N) is 1. The number of carbonyl (C=O) groups excluding carboxylic acids is 1. The van der Waals surface area contributed by atoms with Crippen LogP contribution in [0.2, 0.25) is 0 Å². The van der Waals surface area contributed by atoms with Crippen LogP contribution in [0.3, 0.4) is 0 Å².